The molecule has 1 aromatic rings. The third-order valence-electron chi connectivity index (χ3n) is 3.80. The van der Waals surface area contributed by atoms with E-state index < -0.39 is 5.54 Å². The summed E-state index contributed by atoms with van der Waals surface area (Å²) in [6.45, 7) is 5.71. The Morgan fingerprint density at radius 2 is 1.84 bits per heavy atom. The summed E-state index contributed by atoms with van der Waals surface area (Å²) < 4.78 is 0. The molecule has 0 bridgehead atoms. The van der Waals surface area contributed by atoms with Crippen LogP contribution in [0.3, 0.4) is 0 Å². The number of primary amides is 1. The number of hydrogen-bond donors (Lipinski definition) is 2. The van der Waals surface area contributed by atoms with E-state index in [4.69, 9.17) is 5.73 Å². The van der Waals surface area contributed by atoms with Crippen molar-refractivity contribution in [3.63, 3.8) is 0 Å². The number of para-hydroxylation sites is 1. The van der Waals surface area contributed by atoms with E-state index in [9.17, 15) is 4.79 Å². The average molecular weight is 261 g/mol. The summed E-state index contributed by atoms with van der Waals surface area (Å²) >= 11 is 0. The summed E-state index contributed by atoms with van der Waals surface area (Å²) in [5.41, 5.74) is 6.04. The first-order valence-corrected chi connectivity index (χ1v) is 6.86. The molecule has 1 amide bonds. The molecule has 1 aliphatic rings. The Labute approximate surface area is 115 Å². The minimum Gasteiger partial charge on any atom is -0.371 e. The zero-order valence-electron chi connectivity index (χ0n) is 11.7. The molecule has 1 saturated heterocycles. The molecule has 0 unspecified atom stereocenters. The smallest absolute Gasteiger partial charge is 0.237 e. The van der Waals surface area contributed by atoms with Crippen LogP contribution in [0.15, 0.2) is 30.3 Å². The number of carbonyl (C=O) groups excluding carboxylic acids is 1. The molecule has 0 atom stereocenters. The molecular weight excluding hydrogens is 238 g/mol. The van der Waals surface area contributed by atoms with E-state index >= 15 is 0 Å². The van der Waals surface area contributed by atoms with Gasteiger partial charge in [0, 0.05) is 24.8 Å². The fraction of sp³-hybridized carbons (Fsp3) is 0.533. The molecule has 0 radical (unpaired) electrons. The van der Waals surface area contributed by atoms with Crippen molar-refractivity contribution < 1.29 is 4.79 Å². The number of piperidine rings is 1. The SMILES string of the molecule is CC(C)(NC1CCN(c2ccccc2)CC1)C(N)=O. The highest BCUT2D eigenvalue weighted by molar-refractivity contribution is 5.83. The zero-order chi connectivity index (χ0) is 13.9. The van der Waals surface area contributed by atoms with Crippen molar-refractivity contribution in [2.24, 2.45) is 5.73 Å². The molecule has 4 nitrogen and oxygen atoms in total. The Morgan fingerprint density at radius 3 is 2.37 bits per heavy atom. The molecule has 19 heavy (non-hydrogen) atoms. The van der Waals surface area contributed by atoms with Gasteiger partial charge in [-0.3, -0.25) is 4.79 Å². The lowest BCUT2D eigenvalue weighted by molar-refractivity contribution is -0.123. The normalized spacial score (nSPS) is 17.5. The first kappa shape index (κ1) is 13.9. The highest BCUT2D eigenvalue weighted by Gasteiger charge is 2.29. The van der Waals surface area contributed by atoms with Crippen LogP contribution in [0.1, 0.15) is 26.7 Å². The quantitative estimate of drug-likeness (QED) is 0.863. The van der Waals surface area contributed by atoms with Crippen LogP contribution in [0.25, 0.3) is 0 Å². The Kier molecular flexibility index (Phi) is 4.10. The van der Waals surface area contributed by atoms with Gasteiger partial charge in [0.1, 0.15) is 0 Å². The number of carbonyl (C=O) groups is 1. The topological polar surface area (TPSA) is 58.4 Å². The molecule has 2 rings (SSSR count). The summed E-state index contributed by atoms with van der Waals surface area (Å²) in [6, 6.07) is 10.8. The summed E-state index contributed by atoms with van der Waals surface area (Å²) in [5.74, 6) is -0.294. The van der Waals surface area contributed by atoms with Gasteiger partial charge in [0.05, 0.1) is 5.54 Å². The number of nitrogens with zero attached hydrogens (tertiary/aromatic N) is 1. The Morgan fingerprint density at radius 1 is 1.26 bits per heavy atom. The third-order valence-corrected chi connectivity index (χ3v) is 3.80. The van der Waals surface area contributed by atoms with Crippen molar-refractivity contribution in [1.82, 2.24) is 5.32 Å². The van der Waals surface area contributed by atoms with E-state index in [1.54, 1.807) is 0 Å². The van der Waals surface area contributed by atoms with E-state index in [2.05, 4.69) is 34.5 Å². The fourth-order valence-electron chi connectivity index (χ4n) is 2.50. The second kappa shape index (κ2) is 5.61. The number of amides is 1. The van der Waals surface area contributed by atoms with Gasteiger partial charge >= 0.3 is 0 Å². The Bertz CT molecular complexity index is 422. The van der Waals surface area contributed by atoms with Crippen LogP contribution in [0, 0.1) is 0 Å². The lowest BCUT2D eigenvalue weighted by Crippen LogP contribution is -2.56. The van der Waals surface area contributed by atoms with E-state index in [1.165, 1.54) is 5.69 Å². The molecule has 4 heteroatoms. The monoisotopic (exact) mass is 261 g/mol. The van der Waals surface area contributed by atoms with Gasteiger partial charge in [0.15, 0.2) is 0 Å². The van der Waals surface area contributed by atoms with Crippen LogP contribution in [0.2, 0.25) is 0 Å². The van der Waals surface area contributed by atoms with Crippen LogP contribution in [-0.2, 0) is 4.79 Å². The van der Waals surface area contributed by atoms with Crippen LogP contribution in [0.4, 0.5) is 5.69 Å². The second-order valence-corrected chi connectivity index (χ2v) is 5.73. The maximum Gasteiger partial charge on any atom is 0.237 e. The maximum atomic E-state index is 11.3. The van der Waals surface area contributed by atoms with Crippen LogP contribution < -0.4 is 16.0 Å². The predicted molar refractivity (Wildman–Crippen MR) is 78.1 cm³/mol. The number of benzene rings is 1. The minimum absolute atomic E-state index is 0.294. The van der Waals surface area contributed by atoms with Gasteiger partial charge in [0.2, 0.25) is 5.91 Å². The molecule has 104 valence electrons. The van der Waals surface area contributed by atoms with Crippen molar-refractivity contribution in [2.75, 3.05) is 18.0 Å². The van der Waals surface area contributed by atoms with Gasteiger partial charge < -0.3 is 16.0 Å². The number of nitrogens with one attached hydrogen (secondary N) is 1. The van der Waals surface area contributed by atoms with Gasteiger partial charge in [-0.15, -0.1) is 0 Å². The largest absolute Gasteiger partial charge is 0.371 e. The van der Waals surface area contributed by atoms with E-state index in [1.807, 2.05) is 19.9 Å². The van der Waals surface area contributed by atoms with Crippen molar-refractivity contribution in [2.45, 2.75) is 38.3 Å². The van der Waals surface area contributed by atoms with Crippen LogP contribution in [0.5, 0.6) is 0 Å². The molecule has 1 aromatic carbocycles. The molecule has 0 aliphatic carbocycles. The molecule has 1 aliphatic heterocycles. The van der Waals surface area contributed by atoms with Gasteiger partial charge in [0.25, 0.3) is 0 Å². The number of rotatable bonds is 4. The predicted octanol–water partition coefficient (Wildman–Crippen LogP) is 1.51. The summed E-state index contributed by atoms with van der Waals surface area (Å²) in [6.07, 6.45) is 2.07. The fourth-order valence-corrected chi connectivity index (χ4v) is 2.50. The van der Waals surface area contributed by atoms with Crippen molar-refractivity contribution in [3.05, 3.63) is 30.3 Å². The lowest BCUT2D eigenvalue weighted by Gasteiger charge is -2.37. The van der Waals surface area contributed by atoms with E-state index in [0.717, 1.165) is 25.9 Å². The molecule has 0 aromatic heterocycles. The Hall–Kier alpha value is -1.55. The lowest BCUT2D eigenvalue weighted by atomic mass is 9.98. The molecular formula is C15H23N3O. The first-order valence-electron chi connectivity index (χ1n) is 6.86. The molecule has 1 fully saturated rings. The average Bonchev–Trinajstić information content (AvgIpc) is 2.40. The summed E-state index contributed by atoms with van der Waals surface area (Å²) in [5, 5.41) is 3.37. The molecule has 1 heterocycles. The van der Waals surface area contributed by atoms with Crippen molar-refractivity contribution in [1.29, 1.82) is 0 Å². The van der Waals surface area contributed by atoms with Gasteiger partial charge in [-0.2, -0.15) is 0 Å². The van der Waals surface area contributed by atoms with Crippen molar-refractivity contribution >= 4 is 11.6 Å². The van der Waals surface area contributed by atoms with Crippen LogP contribution >= 0.6 is 0 Å². The van der Waals surface area contributed by atoms with Crippen molar-refractivity contribution in [3.8, 4) is 0 Å². The zero-order valence-corrected chi connectivity index (χ0v) is 11.7. The number of anilines is 1. The van der Waals surface area contributed by atoms with E-state index in [-0.39, 0.29) is 5.91 Å². The minimum atomic E-state index is -0.625. The van der Waals surface area contributed by atoms with Gasteiger partial charge in [-0.1, -0.05) is 18.2 Å². The number of nitrogens with two attached hydrogens (primary N) is 1. The third kappa shape index (κ3) is 3.47. The number of hydrogen-bond acceptors (Lipinski definition) is 3. The second-order valence-electron chi connectivity index (χ2n) is 5.73. The molecule has 0 saturated carbocycles. The summed E-state index contributed by atoms with van der Waals surface area (Å²) in [4.78, 5) is 13.7. The maximum absolute atomic E-state index is 11.3. The van der Waals surface area contributed by atoms with Gasteiger partial charge in [-0.05, 0) is 38.8 Å². The molecule has 0 spiro atoms. The Balaban J connectivity index is 1.88. The molecule has 3 N–H and O–H groups in total. The first-order chi connectivity index (χ1) is 8.99. The van der Waals surface area contributed by atoms with E-state index in [0.29, 0.717) is 6.04 Å². The van der Waals surface area contributed by atoms with Crippen LogP contribution in [-0.4, -0.2) is 30.6 Å². The summed E-state index contributed by atoms with van der Waals surface area (Å²) in [7, 11) is 0. The van der Waals surface area contributed by atoms with Gasteiger partial charge in [-0.25, -0.2) is 0 Å². The highest BCUT2D eigenvalue weighted by atomic mass is 16.1. The highest BCUT2D eigenvalue weighted by Crippen LogP contribution is 2.20. The standard InChI is InChI=1S/C15H23N3O/c1-15(2,14(16)19)17-12-8-10-18(11-9-12)13-6-4-3-5-7-13/h3-7,12,17H,8-11H2,1-2H3,(H2,16,19).